The zero-order valence-corrected chi connectivity index (χ0v) is 34.8. The van der Waals surface area contributed by atoms with Crippen LogP contribution in [0.1, 0.15) is 0 Å². The van der Waals surface area contributed by atoms with Crippen LogP contribution in [0.25, 0.3) is 0 Å². The van der Waals surface area contributed by atoms with E-state index >= 15 is 0 Å². The predicted molar refractivity (Wildman–Crippen MR) is 211 cm³/mol. The molecule has 2 amide bonds. The average Bonchev–Trinajstić information content (AvgIpc) is 3.25. The summed E-state index contributed by atoms with van der Waals surface area (Å²) in [5.41, 5.74) is 0. The number of hydrogen-bond acceptors (Lipinski definition) is 26. The topological polar surface area (TPSA) is 478 Å². The molecule has 0 radical (unpaired) electrons. The lowest BCUT2D eigenvalue weighted by atomic mass is 10.0. The van der Waals surface area contributed by atoms with Gasteiger partial charge in [0.05, 0.1) is 71.5 Å². The fraction of sp³-hybridized carbons (Fsp3) is 0.735. The molecular weight excluding hydrogens is 890 g/mol. The molecule has 0 rings (SSSR count). The summed E-state index contributed by atoms with van der Waals surface area (Å²) in [6.07, 6.45) is -13.8. The van der Waals surface area contributed by atoms with E-state index in [4.69, 9.17) is 19.7 Å². The van der Waals surface area contributed by atoms with Crippen molar-refractivity contribution in [3.63, 3.8) is 0 Å². The second-order valence-corrected chi connectivity index (χ2v) is 13.5. The first-order chi connectivity index (χ1) is 30.6. The fourth-order valence-electron chi connectivity index (χ4n) is 4.79. The quantitative estimate of drug-likeness (QED) is 0.0118. The van der Waals surface area contributed by atoms with Crippen molar-refractivity contribution in [3.8, 4) is 0 Å². The SMILES string of the molecule is O=C(O)CN(CCN(CC(=O)O)CC(=O)NCCOC(=O)CO/N=C/[C@@H](O)[C@H](O)[C@@H](O)[C@H](O)CO)CCN(CC(=O)O)CC(=O)NCCOC(=O)CO/N=C/[C@@H](O)[C@H](O)[C@@H](O)[C@H](O)CO. The minimum absolute atomic E-state index is 0.137. The number of amides is 2. The molecular formula is C34H59N7O24. The van der Waals surface area contributed by atoms with Gasteiger partial charge in [-0.2, -0.15) is 0 Å². The summed E-state index contributed by atoms with van der Waals surface area (Å²) >= 11 is 0. The van der Waals surface area contributed by atoms with Crippen molar-refractivity contribution in [3.05, 3.63) is 0 Å². The lowest BCUT2D eigenvalue weighted by molar-refractivity contribution is -0.149. The number of nitrogens with zero attached hydrogens (tertiary/aromatic N) is 5. The lowest BCUT2D eigenvalue weighted by Gasteiger charge is -2.28. The number of hydrogen-bond donors (Lipinski definition) is 15. The Kier molecular flexibility index (Phi) is 31.3. The van der Waals surface area contributed by atoms with Crippen LogP contribution in [0.3, 0.4) is 0 Å². The highest BCUT2D eigenvalue weighted by Gasteiger charge is 2.30. The van der Waals surface area contributed by atoms with Crippen molar-refractivity contribution >= 4 is 54.1 Å². The standard InChI is InChI=1S/C34H59N7O24/c42-16-22(46)33(60)31(58)20(44)9-37-64-18-29(56)62-7-1-35-24(48)11-40(14-27(52)53)5-3-39(13-26(50)51)4-6-41(15-28(54)55)12-25(49)36-2-8-63-30(57)19-65-38-10-21(45)32(59)34(61)23(47)17-43/h9-10,20-23,31-34,42-47,58-61H,1-8,11-19H2,(H,35,48)(H,36,49)(H,50,51)(H,52,53)(H,54,55)/b37-9+,38-10+/t20-,21-,22-,23-,31+,32+,33+,34+/m1/s1. The van der Waals surface area contributed by atoms with Gasteiger partial charge in [0.1, 0.15) is 62.0 Å². The van der Waals surface area contributed by atoms with Crippen LogP contribution in [0.4, 0.5) is 0 Å². The van der Waals surface area contributed by atoms with Crippen molar-refractivity contribution in [2.75, 3.05) is 112 Å². The van der Waals surface area contributed by atoms with E-state index in [1.165, 1.54) is 4.90 Å². The van der Waals surface area contributed by atoms with Crippen LogP contribution in [0.5, 0.6) is 0 Å². The summed E-state index contributed by atoms with van der Waals surface area (Å²) in [7, 11) is 0. The number of ether oxygens (including phenoxy) is 2. The molecule has 0 spiro atoms. The summed E-state index contributed by atoms with van der Waals surface area (Å²) in [6.45, 7) is -8.15. The number of carbonyl (C=O) groups is 7. The Bertz CT molecular complexity index is 1410. The lowest BCUT2D eigenvalue weighted by Crippen LogP contribution is -2.47. The van der Waals surface area contributed by atoms with Gasteiger partial charge in [-0.1, -0.05) is 10.3 Å². The summed E-state index contributed by atoms with van der Waals surface area (Å²) in [4.78, 5) is 96.1. The highest BCUT2D eigenvalue weighted by atomic mass is 16.7. The van der Waals surface area contributed by atoms with E-state index in [1.54, 1.807) is 0 Å². The third-order valence-corrected chi connectivity index (χ3v) is 8.15. The van der Waals surface area contributed by atoms with Crippen LogP contribution in [0.2, 0.25) is 0 Å². The molecule has 8 atom stereocenters. The molecule has 65 heavy (non-hydrogen) atoms. The number of esters is 2. The number of carbonyl (C=O) groups excluding carboxylic acids is 4. The van der Waals surface area contributed by atoms with Crippen LogP contribution in [-0.4, -0.2) is 296 Å². The minimum Gasteiger partial charge on any atom is -0.480 e. The van der Waals surface area contributed by atoms with Gasteiger partial charge in [0.25, 0.3) is 0 Å². The number of aliphatic hydroxyl groups is 10. The molecule has 0 unspecified atom stereocenters. The second-order valence-electron chi connectivity index (χ2n) is 13.5. The molecule has 0 aromatic heterocycles. The van der Waals surface area contributed by atoms with Gasteiger partial charge in [-0.3, -0.25) is 38.7 Å². The minimum atomic E-state index is -1.95. The Balaban J connectivity index is 4.90. The zero-order valence-electron chi connectivity index (χ0n) is 34.8. The third-order valence-electron chi connectivity index (χ3n) is 8.15. The van der Waals surface area contributed by atoms with Gasteiger partial charge >= 0.3 is 29.8 Å². The Labute approximate surface area is 369 Å². The van der Waals surface area contributed by atoms with Crippen LogP contribution in [-0.2, 0) is 52.7 Å². The Hall–Kier alpha value is -5.29. The fourth-order valence-corrected chi connectivity index (χ4v) is 4.79. The second kappa shape index (κ2) is 34.1. The molecule has 0 fully saturated rings. The number of aliphatic carboxylic acids is 3. The van der Waals surface area contributed by atoms with Gasteiger partial charge in [0.15, 0.2) is 0 Å². The predicted octanol–water partition coefficient (Wildman–Crippen LogP) is -10.7. The highest BCUT2D eigenvalue weighted by molar-refractivity contribution is 5.80. The molecule has 0 aromatic rings. The summed E-state index contributed by atoms with van der Waals surface area (Å²) < 4.78 is 9.66. The first-order valence-corrected chi connectivity index (χ1v) is 19.3. The van der Waals surface area contributed by atoms with E-state index in [0.29, 0.717) is 12.4 Å². The van der Waals surface area contributed by atoms with Gasteiger partial charge in [-0.25, -0.2) is 9.59 Å². The first kappa shape index (κ1) is 59.7. The number of aliphatic hydroxyl groups excluding tert-OH is 10. The average molecular weight is 950 g/mol. The van der Waals surface area contributed by atoms with Gasteiger partial charge < -0.3 is 96.2 Å². The van der Waals surface area contributed by atoms with Crippen molar-refractivity contribution < 1.29 is 119 Å². The molecule has 0 heterocycles. The molecule has 0 aliphatic rings. The molecule has 0 aliphatic heterocycles. The summed E-state index contributed by atoms with van der Waals surface area (Å²) in [5.74, 6) is -7.36. The highest BCUT2D eigenvalue weighted by Crippen LogP contribution is 2.05. The maximum Gasteiger partial charge on any atom is 0.347 e. The molecule has 0 saturated carbocycles. The maximum absolute atomic E-state index is 12.5. The van der Waals surface area contributed by atoms with Crippen molar-refractivity contribution in [2.45, 2.75) is 48.8 Å². The number of carboxylic acids is 3. The Morgan fingerprint density at radius 3 is 1.14 bits per heavy atom. The van der Waals surface area contributed by atoms with Gasteiger partial charge in [0, 0.05) is 26.2 Å². The zero-order chi connectivity index (χ0) is 49.5. The number of rotatable bonds is 38. The van der Waals surface area contributed by atoms with Gasteiger partial charge in [-0.05, 0) is 0 Å². The van der Waals surface area contributed by atoms with E-state index < -0.39 is 150 Å². The van der Waals surface area contributed by atoms with Crippen molar-refractivity contribution in [1.82, 2.24) is 25.3 Å². The van der Waals surface area contributed by atoms with E-state index in [9.17, 15) is 89.7 Å². The summed E-state index contributed by atoms with van der Waals surface area (Å²) in [5, 5.41) is 133. The number of oxime groups is 2. The largest absolute Gasteiger partial charge is 0.480 e. The molecule has 0 aliphatic carbocycles. The molecule has 374 valence electrons. The maximum atomic E-state index is 12.5. The van der Waals surface area contributed by atoms with E-state index in [0.717, 1.165) is 9.80 Å². The van der Waals surface area contributed by atoms with Crippen molar-refractivity contribution in [2.24, 2.45) is 10.3 Å². The van der Waals surface area contributed by atoms with Crippen LogP contribution in [0, 0.1) is 0 Å². The smallest absolute Gasteiger partial charge is 0.347 e. The van der Waals surface area contributed by atoms with Crippen LogP contribution >= 0.6 is 0 Å². The van der Waals surface area contributed by atoms with Gasteiger partial charge in [-0.15, -0.1) is 0 Å². The molecule has 31 heteroatoms. The van der Waals surface area contributed by atoms with Crippen LogP contribution < -0.4 is 10.6 Å². The first-order valence-electron chi connectivity index (χ1n) is 19.3. The number of carboxylic acid groups (broad SMARTS) is 3. The third kappa shape index (κ3) is 29.0. The van der Waals surface area contributed by atoms with Gasteiger partial charge in [0.2, 0.25) is 25.0 Å². The van der Waals surface area contributed by atoms with Crippen LogP contribution in [0.15, 0.2) is 10.3 Å². The Morgan fingerprint density at radius 1 is 0.492 bits per heavy atom. The molecule has 0 bridgehead atoms. The Morgan fingerprint density at radius 2 is 0.815 bits per heavy atom. The van der Waals surface area contributed by atoms with E-state index in [1.807, 2.05) is 0 Å². The number of nitrogens with one attached hydrogen (secondary N) is 2. The molecule has 15 N–H and O–H groups in total. The molecule has 0 saturated heterocycles. The van der Waals surface area contributed by atoms with E-state index in [2.05, 4.69) is 30.6 Å². The monoisotopic (exact) mass is 949 g/mol. The normalized spacial score (nSPS) is 15.5. The van der Waals surface area contributed by atoms with Crippen molar-refractivity contribution in [1.29, 1.82) is 0 Å². The molecule has 0 aromatic carbocycles. The summed E-state index contributed by atoms with van der Waals surface area (Å²) in [6, 6.07) is 0. The van der Waals surface area contributed by atoms with E-state index in [-0.39, 0.29) is 52.5 Å². The molecule has 31 nitrogen and oxygen atoms in total.